The smallest absolute Gasteiger partial charge is 0.409 e. The lowest BCUT2D eigenvalue weighted by atomic mass is 10.0. The average Bonchev–Trinajstić information content (AvgIpc) is 3.26. The van der Waals surface area contributed by atoms with E-state index in [1.807, 2.05) is 11.1 Å². The first-order chi connectivity index (χ1) is 11.2. The first-order valence-electron chi connectivity index (χ1n) is 8.25. The van der Waals surface area contributed by atoms with Crippen LogP contribution in [-0.4, -0.2) is 67.5 Å². The molecule has 0 aromatic heterocycles. The molecule has 1 N–H and O–H groups in total. The number of rotatable bonds is 1. The molecule has 4 atom stereocenters. The standard InChI is InChI=1S/C16H23N5O2/c1-20(15-13-3-4-17-14(13)18-9-19-15)12-5-10-7-21(16(22)23-2)8-11(10)6-12/h3-4,9-14,17H,5-8H2,1-2H3. The molecule has 0 spiro atoms. The van der Waals surface area contributed by atoms with Crippen LogP contribution in [0.15, 0.2) is 22.3 Å². The zero-order valence-corrected chi connectivity index (χ0v) is 13.6. The molecule has 1 amide bonds. The number of ether oxygens (including phenoxy) is 1. The van der Waals surface area contributed by atoms with Crippen LogP contribution in [0.3, 0.4) is 0 Å². The molecule has 4 unspecified atom stereocenters. The van der Waals surface area contributed by atoms with Crippen molar-refractivity contribution >= 4 is 18.3 Å². The lowest BCUT2D eigenvalue weighted by molar-refractivity contribution is 0.128. The summed E-state index contributed by atoms with van der Waals surface area (Å²) in [7, 11) is 3.60. The van der Waals surface area contributed by atoms with E-state index in [1.54, 1.807) is 6.34 Å². The number of carbonyl (C=O) groups excluding carboxylic acids is 1. The number of amides is 1. The van der Waals surface area contributed by atoms with Gasteiger partial charge in [0.25, 0.3) is 0 Å². The van der Waals surface area contributed by atoms with Gasteiger partial charge < -0.3 is 19.9 Å². The number of nitrogens with zero attached hydrogens (tertiary/aromatic N) is 4. The van der Waals surface area contributed by atoms with E-state index in [9.17, 15) is 4.79 Å². The lowest BCUT2D eigenvalue weighted by Gasteiger charge is -2.33. The summed E-state index contributed by atoms with van der Waals surface area (Å²) in [5.74, 6) is 2.48. The molecule has 3 aliphatic heterocycles. The maximum Gasteiger partial charge on any atom is 0.409 e. The minimum atomic E-state index is -0.192. The molecule has 4 aliphatic rings. The van der Waals surface area contributed by atoms with Gasteiger partial charge in [-0.15, -0.1) is 0 Å². The fourth-order valence-electron chi connectivity index (χ4n) is 4.46. The molecule has 7 nitrogen and oxygen atoms in total. The van der Waals surface area contributed by atoms with Crippen LogP contribution in [0.1, 0.15) is 12.8 Å². The lowest BCUT2D eigenvalue weighted by Crippen LogP contribution is -2.45. The number of methoxy groups -OCH3 is 1. The highest BCUT2D eigenvalue weighted by Gasteiger charge is 2.45. The zero-order valence-electron chi connectivity index (χ0n) is 13.6. The molecule has 0 aromatic carbocycles. The molecule has 124 valence electrons. The van der Waals surface area contributed by atoms with Crippen LogP contribution in [0.5, 0.6) is 0 Å². The maximum absolute atomic E-state index is 11.7. The van der Waals surface area contributed by atoms with Crippen molar-refractivity contribution in [3.63, 3.8) is 0 Å². The molecular weight excluding hydrogens is 294 g/mol. The highest BCUT2D eigenvalue weighted by atomic mass is 16.5. The van der Waals surface area contributed by atoms with Crippen LogP contribution < -0.4 is 5.32 Å². The monoisotopic (exact) mass is 317 g/mol. The largest absolute Gasteiger partial charge is 0.453 e. The summed E-state index contributed by atoms with van der Waals surface area (Å²) in [6, 6.07) is 0.490. The first kappa shape index (κ1) is 14.5. The van der Waals surface area contributed by atoms with Crippen molar-refractivity contribution in [2.24, 2.45) is 27.7 Å². The molecular formula is C16H23N5O2. The van der Waals surface area contributed by atoms with Crippen LogP contribution >= 0.6 is 0 Å². The summed E-state index contributed by atoms with van der Waals surface area (Å²) in [6.45, 7) is 1.65. The summed E-state index contributed by atoms with van der Waals surface area (Å²) >= 11 is 0. The molecule has 1 saturated heterocycles. The van der Waals surface area contributed by atoms with Crippen molar-refractivity contribution in [3.05, 3.63) is 12.3 Å². The van der Waals surface area contributed by atoms with Crippen molar-refractivity contribution in [2.75, 3.05) is 27.2 Å². The summed E-state index contributed by atoms with van der Waals surface area (Å²) < 4.78 is 4.84. The van der Waals surface area contributed by atoms with E-state index < -0.39 is 0 Å². The van der Waals surface area contributed by atoms with Crippen molar-refractivity contribution in [1.29, 1.82) is 0 Å². The van der Waals surface area contributed by atoms with Crippen molar-refractivity contribution in [2.45, 2.75) is 25.0 Å². The third kappa shape index (κ3) is 2.38. The van der Waals surface area contributed by atoms with Gasteiger partial charge in [0.2, 0.25) is 0 Å². The molecule has 3 heterocycles. The SMILES string of the molecule is COC(=O)N1CC2CC(N(C)C3=NC=NC4NC=CC34)CC2C1. The first-order valence-corrected chi connectivity index (χ1v) is 8.25. The summed E-state index contributed by atoms with van der Waals surface area (Å²) in [5, 5.41) is 3.25. The molecule has 4 rings (SSSR count). The van der Waals surface area contributed by atoms with Crippen LogP contribution in [0.25, 0.3) is 0 Å². The summed E-state index contributed by atoms with van der Waals surface area (Å²) in [4.78, 5) is 24.8. The molecule has 0 aromatic rings. The Hall–Kier alpha value is -2.05. The van der Waals surface area contributed by atoms with E-state index in [4.69, 9.17) is 4.74 Å². The molecule has 0 radical (unpaired) electrons. The van der Waals surface area contributed by atoms with Crippen LogP contribution in [0.2, 0.25) is 0 Å². The number of amidine groups is 1. The van der Waals surface area contributed by atoms with Crippen molar-refractivity contribution in [3.8, 4) is 0 Å². The van der Waals surface area contributed by atoms with E-state index in [-0.39, 0.29) is 18.2 Å². The van der Waals surface area contributed by atoms with Gasteiger partial charge in [0, 0.05) is 26.2 Å². The van der Waals surface area contributed by atoms with Gasteiger partial charge in [-0.3, -0.25) is 0 Å². The van der Waals surface area contributed by atoms with Crippen molar-refractivity contribution < 1.29 is 9.53 Å². The molecule has 2 fully saturated rings. The Balaban J connectivity index is 1.41. The van der Waals surface area contributed by atoms with Gasteiger partial charge in [-0.2, -0.15) is 0 Å². The Kier molecular flexibility index (Phi) is 3.50. The second kappa shape index (κ2) is 5.54. The van der Waals surface area contributed by atoms with E-state index in [0.29, 0.717) is 17.9 Å². The normalized spacial score (nSPS) is 37.2. The number of carbonyl (C=O) groups is 1. The third-order valence-corrected chi connectivity index (χ3v) is 5.69. The Morgan fingerprint density at radius 1 is 1.39 bits per heavy atom. The minimum absolute atomic E-state index is 0.0978. The third-order valence-electron chi connectivity index (χ3n) is 5.69. The highest BCUT2D eigenvalue weighted by molar-refractivity contribution is 5.94. The highest BCUT2D eigenvalue weighted by Crippen LogP contribution is 2.40. The van der Waals surface area contributed by atoms with Crippen LogP contribution in [0, 0.1) is 17.8 Å². The van der Waals surface area contributed by atoms with Gasteiger partial charge in [0.1, 0.15) is 18.3 Å². The Bertz CT molecular complexity index is 573. The molecule has 23 heavy (non-hydrogen) atoms. The topological polar surface area (TPSA) is 69.5 Å². The number of aliphatic imine (C=N–C) groups is 2. The Labute approximate surface area is 136 Å². The fraction of sp³-hybridized carbons (Fsp3) is 0.688. The molecule has 1 saturated carbocycles. The predicted octanol–water partition coefficient (Wildman–Crippen LogP) is 0.895. The van der Waals surface area contributed by atoms with E-state index >= 15 is 0 Å². The van der Waals surface area contributed by atoms with E-state index in [1.165, 1.54) is 7.11 Å². The summed E-state index contributed by atoms with van der Waals surface area (Å²) in [5.41, 5.74) is 0. The number of hydrogen-bond acceptors (Lipinski definition) is 6. The van der Waals surface area contributed by atoms with Gasteiger partial charge in [-0.05, 0) is 30.9 Å². The fourth-order valence-corrected chi connectivity index (χ4v) is 4.46. The Morgan fingerprint density at radius 3 is 2.83 bits per heavy atom. The summed E-state index contributed by atoms with van der Waals surface area (Å²) in [6.07, 6.45) is 7.91. The number of nitrogens with one attached hydrogen (secondary N) is 1. The minimum Gasteiger partial charge on any atom is -0.453 e. The predicted molar refractivity (Wildman–Crippen MR) is 87.2 cm³/mol. The van der Waals surface area contributed by atoms with E-state index in [2.05, 4.69) is 33.3 Å². The van der Waals surface area contributed by atoms with Gasteiger partial charge >= 0.3 is 6.09 Å². The maximum atomic E-state index is 11.7. The second-order valence-electron chi connectivity index (χ2n) is 6.88. The van der Waals surface area contributed by atoms with Crippen molar-refractivity contribution in [1.82, 2.24) is 15.1 Å². The molecule has 7 heteroatoms. The molecule has 1 aliphatic carbocycles. The average molecular weight is 317 g/mol. The number of fused-ring (bicyclic) bond motifs is 2. The zero-order chi connectivity index (χ0) is 16.0. The van der Waals surface area contributed by atoms with Gasteiger partial charge in [-0.1, -0.05) is 6.08 Å². The quantitative estimate of drug-likeness (QED) is 0.780. The van der Waals surface area contributed by atoms with Crippen LogP contribution in [0.4, 0.5) is 4.79 Å². The van der Waals surface area contributed by atoms with Crippen LogP contribution in [-0.2, 0) is 4.74 Å². The van der Waals surface area contributed by atoms with E-state index in [0.717, 1.165) is 31.8 Å². The number of hydrogen-bond donors (Lipinski definition) is 1. The second-order valence-corrected chi connectivity index (χ2v) is 6.88. The van der Waals surface area contributed by atoms with Gasteiger partial charge in [-0.25, -0.2) is 14.8 Å². The van der Waals surface area contributed by atoms with Gasteiger partial charge in [0.05, 0.1) is 13.0 Å². The number of likely N-dealkylation sites (tertiary alicyclic amines) is 1. The van der Waals surface area contributed by atoms with Gasteiger partial charge in [0.15, 0.2) is 0 Å². The molecule has 0 bridgehead atoms. The Morgan fingerprint density at radius 2 is 2.13 bits per heavy atom.